The molecule has 0 spiro atoms. The van der Waals surface area contributed by atoms with Crippen LogP contribution in [-0.2, 0) is 24.3 Å². The van der Waals surface area contributed by atoms with Crippen molar-refractivity contribution in [3.8, 4) is 0 Å². The summed E-state index contributed by atoms with van der Waals surface area (Å²) in [7, 11) is -3.81. The minimum atomic E-state index is -3.81. The summed E-state index contributed by atoms with van der Waals surface area (Å²) in [6.07, 6.45) is -0.594. The normalized spacial score (nSPS) is 13.2. The van der Waals surface area contributed by atoms with E-state index < -0.39 is 34.4 Å². The maximum absolute atomic E-state index is 11.4. The fourth-order valence-corrected chi connectivity index (χ4v) is 2.04. The van der Waals surface area contributed by atoms with Crippen molar-refractivity contribution < 1.29 is 27.9 Å². The first-order valence-electron chi connectivity index (χ1n) is 4.87. The maximum Gasteiger partial charge on any atom is 0.322 e. The smallest absolute Gasteiger partial charge is 0.322 e. The molecule has 0 saturated carbocycles. The molecule has 0 saturated heterocycles. The molecule has 1 amide bonds. The molecule has 0 heterocycles. The van der Waals surface area contributed by atoms with Crippen LogP contribution in [0.15, 0.2) is 0 Å². The molecule has 0 aromatic carbocycles. The Kier molecular flexibility index (Phi) is 6.69. The van der Waals surface area contributed by atoms with Gasteiger partial charge in [-0.25, -0.2) is 13.1 Å². The summed E-state index contributed by atoms with van der Waals surface area (Å²) < 4.78 is 29.5. The van der Waals surface area contributed by atoms with Crippen molar-refractivity contribution in [2.75, 3.05) is 19.0 Å². The number of carbonyl (C=O) groups excluding carboxylic acids is 1. The molecule has 1 atom stereocenters. The lowest BCUT2D eigenvalue weighted by atomic mass is 10.2. The Bertz CT molecular complexity index is 366. The number of nitrogens with two attached hydrogens (primary N) is 1. The maximum atomic E-state index is 11.4. The zero-order valence-corrected chi connectivity index (χ0v) is 10.2. The predicted octanol–water partition coefficient (Wildman–Crippen LogP) is -1.73. The Balaban J connectivity index is 4.42. The number of primary amides is 1. The fourth-order valence-electron chi connectivity index (χ4n) is 0.969. The number of amides is 1. The van der Waals surface area contributed by atoms with Crippen molar-refractivity contribution in [2.45, 2.75) is 19.4 Å². The highest BCUT2D eigenvalue weighted by Gasteiger charge is 2.25. The van der Waals surface area contributed by atoms with E-state index in [9.17, 15) is 18.0 Å². The van der Waals surface area contributed by atoms with Gasteiger partial charge in [0.15, 0.2) is 0 Å². The van der Waals surface area contributed by atoms with Gasteiger partial charge >= 0.3 is 5.97 Å². The number of ether oxygens (including phenoxy) is 1. The van der Waals surface area contributed by atoms with Gasteiger partial charge in [-0.15, -0.1) is 0 Å². The monoisotopic (exact) mass is 268 g/mol. The van der Waals surface area contributed by atoms with Crippen LogP contribution < -0.4 is 10.5 Å². The molecule has 100 valence electrons. The Labute approximate surface area is 99.2 Å². The number of rotatable bonds is 9. The van der Waals surface area contributed by atoms with Gasteiger partial charge in [-0.1, -0.05) is 0 Å². The Morgan fingerprint density at radius 3 is 2.47 bits per heavy atom. The number of hydrogen-bond acceptors (Lipinski definition) is 5. The van der Waals surface area contributed by atoms with E-state index in [4.69, 9.17) is 15.6 Å². The molecule has 0 aromatic rings. The van der Waals surface area contributed by atoms with E-state index in [1.165, 1.54) is 0 Å². The van der Waals surface area contributed by atoms with E-state index in [1.54, 1.807) is 6.92 Å². The first-order chi connectivity index (χ1) is 7.78. The van der Waals surface area contributed by atoms with Gasteiger partial charge in [-0.2, -0.15) is 0 Å². The number of aliphatic carboxylic acids is 1. The number of carbonyl (C=O) groups is 2. The summed E-state index contributed by atoms with van der Waals surface area (Å²) >= 11 is 0. The van der Waals surface area contributed by atoms with Crippen LogP contribution in [0.2, 0.25) is 0 Å². The third kappa shape index (κ3) is 7.66. The summed E-state index contributed by atoms with van der Waals surface area (Å²) in [6.45, 7) is 2.01. The van der Waals surface area contributed by atoms with E-state index in [2.05, 4.69) is 0 Å². The highest BCUT2D eigenvalue weighted by molar-refractivity contribution is 7.89. The van der Waals surface area contributed by atoms with Gasteiger partial charge in [0.1, 0.15) is 6.04 Å². The van der Waals surface area contributed by atoms with Gasteiger partial charge in [0.25, 0.3) is 0 Å². The molecule has 0 aliphatic rings. The number of carboxylic acids is 1. The van der Waals surface area contributed by atoms with Gasteiger partial charge < -0.3 is 15.6 Å². The zero-order chi connectivity index (χ0) is 13.5. The molecule has 4 N–H and O–H groups in total. The third-order valence-corrected chi connectivity index (χ3v) is 3.07. The van der Waals surface area contributed by atoms with Crippen molar-refractivity contribution in [2.24, 2.45) is 5.73 Å². The summed E-state index contributed by atoms with van der Waals surface area (Å²) in [5.74, 6) is -2.72. The van der Waals surface area contributed by atoms with Crippen molar-refractivity contribution in [1.29, 1.82) is 0 Å². The SMILES string of the molecule is CCOCCS(=O)(=O)NC(CC(N)=O)C(=O)O. The Hall–Kier alpha value is -1.19. The average molecular weight is 268 g/mol. The quantitative estimate of drug-likeness (QED) is 0.425. The molecule has 0 aliphatic heterocycles. The van der Waals surface area contributed by atoms with Crippen LogP contribution >= 0.6 is 0 Å². The molecule has 17 heavy (non-hydrogen) atoms. The Morgan fingerprint density at radius 2 is 2.06 bits per heavy atom. The van der Waals surface area contributed by atoms with Crippen LogP contribution in [0.5, 0.6) is 0 Å². The first kappa shape index (κ1) is 15.8. The molecule has 0 fully saturated rings. The molecular formula is C8H16N2O6S. The summed E-state index contributed by atoms with van der Waals surface area (Å²) in [4.78, 5) is 21.2. The second-order valence-corrected chi connectivity index (χ2v) is 5.07. The molecule has 8 nitrogen and oxygen atoms in total. The van der Waals surface area contributed by atoms with Crippen molar-refractivity contribution in [3.05, 3.63) is 0 Å². The van der Waals surface area contributed by atoms with E-state index in [0.717, 1.165) is 0 Å². The first-order valence-corrected chi connectivity index (χ1v) is 6.52. The molecule has 0 aliphatic carbocycles. The molecule has 0 aromatic heterocycles. The van der Waals surface area contributed by atoms with Crippen LogP contribution in [0.4, 0.5) is 0 Å². The van der Waals surface area contributed by atoms with Crippen molar-refractivity contribution in [1.82, 2.24) is 4.72 Å². The van der Waals surface area contributed by atoms with Gasteiger partial charge in [0.2, 0.25) is 15.9 Å². The van der Waals surface area contributed by atoms with Crippen molar-refractivity contribution >= 4 is 21.9 Å². The van der Waals surface area contributed by atoms with Crippen LogP contribution in [0.25, 0.3) is 0 Å². The lowest BCUT2D eigenvalue weighted by molar-refractivity contribution is -0.140. The number of sulfonamides is 1. The summed E-state index contributed by atoms with van der Waals surface area (Å²) in [5, 5.41) is 8.69. The highest BCUT2D eigenvalue weighted by atomic mass is 32.2. The van der Waals surface area contributed by atoms with Gasteiger partial charge in [0, 0.05) is 6.61 Å². The number of nitrogens with one attached hydrogen (secondary N) is 1. The highest BCUT2D eigenvalue weighted by Crippen LogP contribution is 1.96. The lowest BCUT2D eigenvalue weighted by Gasteiger charge is -2.12. The number of hydrogen-bond donors (Lipinski definition) is 3. The summed E-state index contributed by atoms with van der Waals surface area (Å²) in [6, 6.07) is -1.54. The van der Waals surface area contributed by atoms with Crippen molar-refractivity contribution in [3.63, 3.8) is 0 Å². The molecule has 1 unspecified atom stereocenters. The van der Waals surface area contributed by atoms with E-state index in [0.29, 0.717) is 6.61 Å². The van der Waals surface area contributed by atoms with E-state index >= 15 is 0 Å². The van der Waals surface area contributed by atoms with Gasteiger partial charge in [0.05, 0.1) is 18.8 Å². The van der Waals surface area contributed by atoms with Gasteiger partial charge in [-0.3, -0.25) is 9.59 Å². The second kappa shape index (κ2) is 7.20. The Morgan fingerprint density at radius 1 is 1.47 bits per heavy atom. The minimum absolute atomic E-state index is 0.0469. The van der Waals surface area contributed by atoms with E-state index in [-0.39, 0.29) is 12.4 Å². The van der Waals surface area contributed by atoms with Crippen LogP contribution in [0.1, 0.15) is 13.3 Å². The lowest BCUT2D eigenvalue weighted by Crippen LogP contribution is -2.44. The number of carboxylic acid groups (broad SMARTS) is 1. The molecule has 9 heteroatoms. The van der Waals surface area contributed by atoms with Crippen LogP contribution in [0.3, 0.4) is 0 Å². The molecule has 0 radical (unpaired) electrons. The summed E-state index contributed by atoms with van der Waals surface area (Å²) in [5.41, 5.74) is 4.81. The minimum Gasteiger partial charge on any atom is -0.480 e. The average Bonchev–Trinajstić information content (AvgIpc) is 2.15. The second-order valence-electron chi connectivity index (χ2n) is 3.19. The molecular weight excluding hydrogens is 252 g/mol. The third-order valence-electron chi connectivity index (χ3n) is 1.73. The van der Waals surface area contributed by atoms with Crippen LogP contribution in [-0.4, -0.2) is 50.4 Å². The topological polar surface area (TPSA) is 136 Å². The molecule has 0 rings (SSSR count). The fraction of sp³-hybridized carbons (Fsp3) is 0.750. The largest absolute Gasteiger partial charge is 0.480 e. The zero-order valence-electron chi connectivity index (χ0n) is 9.38. The molecule has 0 bridgehead atoms. The predicted molar refractivity (Wildman–Crippen MR) is 58.7 cm³/mol. The standard InChI is InChI=1S/C8H16N2O6S/c1-2-16-3-4-17(14,15)10-6(8(12)13)5-7(9)11/h6,10H,2-5H2,1H3,(H2,9,11)(H,12,13). The van der Waals surface area contributed by atoms with Gasteiger partial charge in [-0.05, 0) is 6.92 Å². The van der Waals surface area contributed by atoms with Crippen LogP contribution in [0, 0.1) is 0 Å². The van der Waals surface area contributed by atoms with E-state index in [1.807, 2.05) is 4.72 Å².